The third-order valence-corrected chi connectivity index (χ3v) is 3.13. The van der Waals surface area contributed by atoms with Gasteiger partial charge in [0, 0.05) is 12.0 Å². The molecular formula is C17H30NO+. The van der Waals surface area contributed by atoms with Gasteiger partial charge in [-0.2, -0.15) is 0 Å². The molecule has 0 unspecified atom stereocenters. The molecule has 0 aliphatic rings. The van der Waals surface area contributed by atoms with Gasteiger partial charge in [0.15, 0.2) is 0 Å². The molecule has 0 aliphatic carbocycles. The second-order valence-corrected chi connectivity index (χ2v) is 7.18. The van der Waals surface area contributed by atoms with Gasteiger partial charge < -0.3 is 10.1 Å². The molecule has 108 valence electrons. The Labute approximate surface area is 118 Å². The van der Waals surface area contributed by atoms with E-state index < -0.39 is 0 Å². The molecule has 0 spiro atoms. The Bertz CT molecular complexity index is 390. The largest absolute Gasteiger partial charge is 0.493 e. The predicted octanol–water partition coefficient (Wildman–Crippen LogP) is 3.36. The normalized spacial score (nSPS) is 12.5. The smallest absolute Gasteiger partial charge is 0.128 e. The SMILES string of the molecule is CCOc1ccccc1C[NH2+]C(C)(C)CC(C)(C)C. The lowest BCUT2D eigenvalue weighted by atomic mass is 9.82. The minimum absolute atomic E-state index is 0.248. The maximum Gasteiger partial charge on any atom is 0.128 e. The Kier molecular flexibility index (Phi) is 5.42. The van der Waals surface area contributed by atoms with Crippen molar-refractivity contribution < 1.29 is 10.1 Å². The van der Waals surface area contributed by atoms with Crippen LogP contribution in [0.2, 0.25) is 0 Å². The lowest BCUT2D eigenvalue weighted by Crippen LogP contribution is -2.94. The topological polar surface area (TPSA) is 25.8 Å². The molecule has 0 aromatic heterocycles. The molecule has 0 atom stereocenters. The minimum atomic E-state index is 0.248. The predicted molar refractivity (Wildman–Crippen MR) is 81.4 cm³/mol. The van der Waals surface area contributed by atoms with Gasteiger partial charge in [-0.25, -0.2) is 0 Å². The molecule has 0 radical (unpaired) electrons. The van der Waals surface area contributed by atoms with Crippen molar-refractivity contribution in [2.24, 2.45) is 5.41 Å². The lowest BCUT2D eigenvalue weighted by Gasteiger charge is -2.30. The number of hydrogen-bond donors (Lipinski definition) is 1. The molecule has 2 N–H and O–H groups in total. The van der Waals surface area contributed by atoms with Crippen LogP contribution in [-0.4, -0.2) is 12.1 Å². The highest BCUT2D eigenvalue weighted by atomic mass is 16.5. The summed E-state index contributed by atoms with van der Waals surface area (Å²) < 4.78 is 5.68. The summed E-state index contributed by atoms with van der Waals surface area (Å²) in [6.45, 7) is 15.3. The van der Waals surface area contributed by atoms with E-state index in [2.05, 4.69) is 58.1 Å². The maximum atomic E-state index is 5.68. The van der Waals surface area contributed by atoms with E-state index >= 15 is 0 Å². The molecule has 2 nitrogen and oxygen atoms in total. The molecule has 0 heterocycles. The van der Waals surface area contributed by atoms with Crippen molar-refractivity contribution in [2.75, 3.05) is 6.61 Å². The highest BCUT2D eigenvalue weighted by Crippen LogP contribution is 2.25. The number of rotatable bonds is 6. The standard InChI is InChI=1S/C17H29NO/c1-7-19-15-11-9-8-10-14(15)12-18-17(5,6)13-16(2,3)4/h8-11,18H,7,12-13H2,1-6H3/p+1. The minimum Gasteiger partial charge on any atom is -0.493 e. The number of nitrogens with two attached hydrogens (primary N) is 1. The molecular weight excluding hydrogens is 234 g/mol. The van der Waals surface area contributed by atoms with Crippen molar-refractivity contribution in [1.82, 2.24) is 0 Å². The molecule has 0 bridgehead atoms. The number of quaternary nitrogens is 1. The van der Waals surface area contributed by atoms with E-state index in [0.717, 1.165) is 18.9 Å². The summed E-state index contributed by atoms with van der Waals surface area (Å²) in [6.07, 6.45) is 1.19. The van der Waals surface area contributed by atoms with Gasteiger partial charge in [0.1, 0.15) is 12.3 Å². The van der Waals surface area contributed by atoms with Crippen molar-refractivity contribution in [1.29, 1.82) is 0 Å². The van der Waals surface area contributed by atoms with E-state index in [4.69, 9.17) is 4.74 Å². The van der Waals surface area contributed by atoms with Gasteiger partial charge in [-0.15, -0.1) is 0 Å². The van der Waals surface area contributed by atoms with Crippen molar-refractivity contribution in [3.05, 3.63) is 29.8 Å². The summed E-state index contributed by atoms with van der Waals surface area (Å²) in [6, 6.07) is 8.34. The molecule has 0 saturated heterocycles. The van der Waals surface area contributed by atoms with Crippen LogP contribution in [0.4, 0.5) is 0 Å². The van der Waals surface area contributed by atoms with Crippen LogP contribution in [0, 0.1) is 5.41 Å². The molecule has 1 aromatic carbocycles. The van der Waals surface area contributed by atoms with Crippen molar-refractivity contribution in [3.8, 4) is 5.75 Å². The van der Waals surface area contributed by atoms with Gasteiger partial charge in [0.05, 0.1) is 12.1 Å². The third-order valence-electron chi connectivity index (χ3n) is 3.13. The average molecular weight is 264 g/mol. The second kappa shape index (κ2) is 6.42. The maximum absolute atomic E-state index is 5.68. The summed E-state index contributed by atoms with van der Waals surface area (Å²) in [4.78, 5) is 0. The van der Waals surface area contributed by atoms with Gasteiger partial charge in [0.25, 0.3) is 0 Å². The third kappa shape index (κ3) is 6.11. The van der Waals surface area contributed by atoms with E-state index in [1.54, 1.807) is 0 Å². The average Bonchev–Trinajstić information content (AvgIpc) is 2.25. The van der Waals surface area contributed by atoms with E-state index in [0.29, 0.717) is 5.41 Å². The molecule has 0 aliphatic heterocycles. The van der Waals surface area contributed by atoms with Crippen LogP contribution in [0.3, 0.4) is 0 Å². The first-order chi connectivity index (χ1) is 8.73. The van der Waals surface area contributed by atoms with E-state index in [9.17, 15) is 0 Å². The fraction of sp³-hybridized carbons (Fsp3) is 0.647. The van der Waals surface area contributed by atoms with Crippen molar-refractivity contribution in [3.63, 3.8) is 0 Å². The first kappa shape index (κ1) is 16.0. The Balaban J connectivity index is 2.66. The molecule has 19 heavy (non-hydrogen) atoms. The van der Waals surface area contributed by atoms with E-state index in [1.165, 1.54) is 12.0 Å². The summed E-state index contributed by atoms with van der Waals surface area (Å²) in [5.74, 6) is 1.02. The Morgan fingerprint density at radius 1 is 1.05 bits per heavy atom. The van der Waals surface area contributed by atoms with Crippen LogP contribution in [0.1, 0.15) is 53.5 Å². The van der Waals surface area contributed by atoms with Gasteiger partial charge >= 0.3 is 0 Å². The first-order valence-electron chi connectivity index (χ1n) is 7.28. The van der Waals surface area contributed by atoms with Crippen LogP contribution >= 0.6 is 0 Å². The van der Waals surface area contributed by atoms with Gasteiger partial charge in [-0.3, -0.25) is 0 Å². The summed E-state index contributed by atoms with van der Waals surface area (Å²) in [5.41, 5.74) is 1.89. The second-order valence-electron chi connectivity index (χ2n) is 7.18. The zero-order valence-corrected chi connectivity index (χ0v) is 13.4. The first-order valence-corrected chi connectivity index (χ1v) is 7.28. The van der Waals surface area contributed by atoms with Crippen molar-refractivity contribution >= 4 is 0 Å². The highest BCUT2D eigenvalue weighted by molar-refractivity contribution is 5.32. The summed E-state index contributed by atoms with van der Waals surface area (Å²) >= 11 is 0. The van der Waals surface area contributed by atoms with Gasteiger partial charge in [-0.05, 0) is 38.3 Å². The Hall–Kier alpha value is -1.02. The summed E-state index contributed by atoms with van der Waals surface area (Å²) in [7, 11) is 0. The Morgan fingerprint density at radius 3 is 2.26 bits per heavy atom. The quantitative estimate of drug-likeness (QED) is 0.837. The Morgan fingerprint density at radius 2 is 1.68 bits per heavy atom. The molecule has 2 heteroatoms. The number of para-hydroxylation sites is 1. The van der Waals surface area contributed by atoms with Crippen LogP contribution in [0.5, 0.6) is 5.75 Å². The summed E-state index contributed by atoms with van der Waals surface area (Å²) in [5, 5.41) is 2.43. The van der Waals surface area contributed by atoms with E-state index in [-0.39, 0.29) is 5.54 Å². The van der Waals surface area contributed by atoms with Crippen LogP contribution in [0.25, 0.3) is 0 Å². The zero-order valence-electron chi connectivity index (χ0n) is 13.4. The molecule has 1 aromatic rings. The number of ether oxygens (including phenoxy) is 1. The molecule has 1 rings (SSSR count). The number of benzene rings is 1. The van der Waals surface area contributed by atoms with Crippen LogP contribution in [0.15, 0.2) is 24.3 Å². The van der Waals surface area contributed by atoms with Gasteiger partial charge in [0.2, 0.25) is 0 Å². The fourth-order valence-corrected chi connectivity index (χ4v) is 2.79. The lowest BCUT2D eigenvalue weighted by molar-refractivity contribution is -0.737. The number of hydrogen-bond acceptors (Lipinski definition) is 1. The van der Waals surface area contributed by atoms with Crippen LogP contribution in [-0.2, 0) is 6.54 Å². The fourth-order valence-electron chi connectivity index (χ4n) is 2.79. The zero-order chi connectivity index (χ0) is 14.5. The van der Waals surface area contributed by atoms with E-state index in [1.807, 2.05) is 13.0 Å². The molecule has 0 amide bonds. The van der Waals surface area contributed by atoms with Gasteiger partial charge in [-0.1, -0.05) is 32.9 Å². The molecule has 0 fully saturated rings. The van der Waals surface area contributed by atoms with Crippen LogP contribution < -0.4 is 10.1 Å². The molecule has 0 saturated carbocycles. The van der Waals surface area contributed by atoms with Crippen molar-refractivity contribution in [2.45, 2.75) is 60.0 Å². The monoisotopic (exact) mass is 264 g/mol. The highest BCUT2D eigenvalue weighted by Gasteiger charge is 2.28.